The van der Waals surface area contributed by atoms with Crippen molar-refractivity contribution < 1.29 is 14.3 Å². The Hall–Kier alpha value is -3.06. The number of hydrogen-bond acceptors (Lipinski definition) is 5. The van der Waals surface area contributed by atoms with Gasteiger partial charge in [0.25, 0.3) is 0 Å². The number of carbonyl (C=O) groups is 1. The fourth-order valence-electron chi connectivity index (χ4n) is 4.24. The first kappa shape index (κ1) is 18.9. The molecule has 0 aliphatic carbocycles. The molecular formula is C23H26N4O3. The van der Waals surface area contributed by atoms with Crippen LogP contribution in [0.1, 0.15) is 18.5 Å². The highest BCUT2D eigenvalue weighted by Gasteiger charge is 2.26. The number of hydrogen-bond donors (Lipinski definition) is 0. The Bertz CT molecular complexity index is 1060. The van der Waals surface area contributed by atoms with Crippen LogP contribution in [-0.4, -0.2) is 64.7 Å². The van der Waals surface area contributed by atoms with E-state index in [1.165, 1.54) is 5.56 Å². The molecule has 7 nitrogen and oxygen atoms in total. The first-order valence-corrected chi connectivity index (χ1v) is 10.5. The summed E-state index contributed by atoms with van der Waals surface area (Å²) in [6.07, 6.45) is 1.77. The summed E-state index contributed by atoms with van der Waals surface area (Å²) in [4.78, 5) is 21.9. The lowest BCUT2D eigenvalue weighted by Crippen LogP contribution is -2.49. The highest BCUT2D eigenvalue weighted by Crippen LogP contribution is 2.31. The molecule has 5 rings (SSSR count). The number of ether oxygens (including phenoxy) is 2. The van der Waals surface area contributed by atoms with Crippen molar-refractivity contribution in [2.24, 2.45) is 0 Å². The Morgan fingerprint density at radius 2 is 1.80 bits per heavy atom. The van der Waals surface area contributed by atoms with Crippen LogP contribution in [0.25, 0.3) is 11.0 Å². The van der Waals surface area contributed by atoms with Crippen molar-refractivity contribution in [2.75, 3.05) is 39.4 Å². The van der Waals surface area contributed by atoms with Crippen LogP contribution in [0, 0.1) is 0 Å². The van der Waals surface area contributed by atoms with Crippen LogP contribution in [0.5, 0.6) is 11.5 Å². The van der Waals surface area contributed by atoms with Gasteiger partial charge in [0, 0.05) is 32.7 Å². The van der Waals surface area contributed by atoms with Crippen LogP contribution in [0.15, 0.2) is 48.8 Å². The van der Waals surface area contributed by atoms with Gasteiger partial charge in [-0.3, -0.25) is 9.69 Å². The Morgan fingerprint density at radius 3 is 2.63 bits per heavy atom. The first-order chi connectivity index (χ1) is 14.7. The molecule has 7 heteroatoms. The van der Waals surface area contributed by atoms with Gasteiger partial charge < -0.3 is 18.9 Å². The third-order valence-corrected chi connectivity index (χ3v) is 5.95. The second-order valence-electron chi connectivity index (χ2n) is 7.90. The molecule has 2 aromatic carbocycles. The van der Waals surface area contributed by atoms with E-state index < -0.39 is 0 Å². The van der Waals surface area contributed by atoms with Crippen LogP contribution in [-0.2, 0) is 11.3 Å². The van der Waals surface area contributed by atoms with E-state index in [4.69, 9.17) is 9.47 Å². The molecule has 0 spiro atoms. The van der Waals surface area contributed by atoms with Gasteiger partial charge in [-0.15, -0.1) is 0 Å². The standard InChI is InChI=1S/C23H26N4O3/c1-17(27-16-24-19-4-2-3-5-20(19)27)23(28)26-10-8-25(9-11-26)15-18-6-7-21-22(14-18)30-13-12-29-21/h2-7,14,16-17H,8-13,15H2,1H3. The number of imidazole rings is 1. The van der Waals surface area contributed by atoms with Crippen LogP contribution in [0.2, 0.25) is 0 Å². The Balaban J connectivity index is 1.20. The second kappa shape index (κ2) is 7.99. The van der Waals surface area contributed by atoms with E-state index in [1.807, 2.05) is 46.7 Å². The number of benzene rings is 2. The molecule has 1 unspecified atom stereocenters. The van der Waals surface area contributed by atoms with Crippen molar-refractivity contribution in [2.45, 2.75) is 19.5 Å². The SMILES string of the molecule is CC(C(=O)N1CCN(Cc2ccc3c(c2)OCCO3)CC1)n1cnc2ccccc21. The van der Waals surface area contributed by atoms with Gasteiger partial charge in [0.05, 0.1) is 17.4 Å². The zero-order valence-electron chi connectivity index (χ0n) is 17.2. The summed E-state index contributed by atoms with van der Waals surface area (Å²) in [5.74, 6) is 1.80. The van der Waals surface area contributed by atoms with Crippen LogP contribution in [0.3, 0.4) is 0 Å². The van der Waals surface area contributed by atoms with Gasteiger partial charge in [0.2, 0.25) is 5.91 Å². The van der Waals surface area contributed by atoms with Crippen LogP contribution < -0.4 is 9.47 Å². The number of para-hydroxylation sites is 2. The van der Waals surface area contributed by atoms with Crippen molar-refractivity contribution in [3.8, 4) is 11.5 Å². The Kier molecular flexibility index (Phi) is 5.04. The number of carbonyl (C=O) groups excluding carboxylic acids is 1. The maximum absolute atomic E-state index is 13.1. The zero-order chi connectivity index (χ0) is 20.5. The average molecular weight is 406 g/mol. The van der Waals surface area contributed by atoms with Gasteiger partial charge in [0.15, 0.2) is 11.5 Å². The third kappa shape index (κ3) is 3.61. The quantitative estimate of drug-likeness (QED) is 0.667. The number of rotatable bonds is 4. The predicted octanol–water partition coefficient (Wildman–Crippen LogP) is 2.71. The summed E-state index contributed by atoms with van der Waals surface area (Å²) in [6.45, 7) is 7.20. The molecule has 0 saturated carbocycles. The molecule has 0 radical (unpaired) electrons. The van der Waals surface area contributed by atoms with Gasteiger partial charge in [-0.05, 0) is 36.8 Å². The van der Waals surface area contributed by atoms with E-state index in [-0.39, 0.29) is 11.9 Å². The van der Waals surface area contributed by atoms with Gasteiger partial charge >= 0.3 is 0 Å². The summed E-state index contributed by atoms with van der Waals surface area (Å²) in [7, 11) is 0. The molecule has 2 aliphatic rings. The fourth-order valence-corrected chi connectivity index (χ4v) is 4.24. The first-order valence-electron chi connectivity index (χ1n) is 10.5. The number of aromatic nitrogens is 2. The normalized spacial score (nSPS) is 17.8. The van der Waals surface area contributed by atoms with Crippen LogP contribution in [0.4, 0.5) is 0 Å². The minimum atomic E-state index is -0.262. The van der Waals surface area contributed by atoms with Gasteiger partial charge in [0.1, 0.15) is 19.3 Å². The van der Waals surface area contributed by atoms with E-state index in [0.29, 0.717) is 13.2 Å². The summed E-state index contributed by atoms with van der Waals surface area (Å²) in [5, 5.41) is 0. The third-order valence-electron chi connectivity index (χ3n) is 5.95. The molecule has 1 aromatic heterocycles. The van der Waals surface area contributed by atoms with Crippen molar-refractivity contribution in [1.29, 1.82) is 0 Å². The molecule has 1 saturated heterocycles. The maximum atomic E-state index is 13.1. The van der Waals surface area contributed by atoms with Gasteiger partial charge in [-0.1, -0.05) is 18.2 Å². The Labute approximate surface area is 175 Å². The molecule has 1 atom stereocenters. The molecule has 0 N–H and O–H groups in total. The minimum Gasteiger partial charge on any atom is -0.486 e. The van der Waals surface area contributed by atoms with Gasteiger partial charge in [-0.2, -0.15) is 0 Å². The van der Waals surface area contributed by atoms with E-state index in [2.05, 4.69) is 22.0 Å². The smallest absolute Gasteiger partial charge is 0.245 e. The highest BCUT2D eigenvalue weighted by atomic mass is 16.6. The lowest BCUT2D eigenvalue weighted by Gasteiger charge is -2.36. The van der Waals surface area contributed by atoms with E-state index >= 15 is 0 Å². The summed E-state index contributed by atoms with van der Waals surface area (Å²) >= 11 is 0. The fraction of sp³-hybridized carbons (Fsp3) is 0.391. The molecule has 0 bridgehead atoms. The van der Waals surface area contributed by atoms with Crippen molar-refractivity contribution in [3.63, 3.8) is 0 Å². The van der Waals surface area contributed by atoms with Crippen molar-refractivity contribution >= 4 is 16.9 Å². The van der Waals surface area contributed by atoms with Crippen molar-refractivity contribution in [1.82, 2.24) is 19.4 Å². The van der Waals surface area contributed by atoms with E-state index in [0.717, 1.165) is 55.3 Å². The van der Waals surface area contributed by atoms with Crippen LogP contribution >= 0.6 is 0 Å². The largest absolute Gasteiger partial charge is 0.486 e. The molecule has 30 heavy (non-hydrogen) atoms. The molecule has 2 aliphatic heterocycles. The number of fused-ring (bicyclic) bond motifs is 2. The zero-order valence-corrected chi connectivity index (χ0v) is 17.2. The molecule has 1 fully saturated rings. The summed E-state index contributed by atoms with van der Waals surface area (Å²) in [6, 6.07) is 13.8. The number of piperazine rings is 1. The number of nitrogens with zero attached hydrogens (tertiary/aromatic N) is 4. The Morgan fingerprint density at radius 1 is 1.03 bits per heavy atom. The molecule has 156 valence electrons. The molecule has 1 amide bonds. The number of amides is 1. The summed E-state index contributed by atoms with van der Waals surface area (Å²) < 4.78 is 13.3. The van der Waals surface area contributed by atoms with E-state index in [1.54, 1.807) is 6.33 Å². The molecule has 3 heterocycles. The van der Waals surface area contributed by atoms with E-state index in [9.17, 15) is 4.79 Å². The highest BCUT2D eigenvalue weighted by molar-refractivity contribution is 5.83. The molecule has 3 aromatic rings. The monoisotopic (exact) mass is 406 g/mol. The maximum Gasteiger partial charge on any atom is 0.245 e. The molecular weight excluding hydrogens is 380 g/mol. The average Bonchev–Trinajstić information content (AvgIpc) is 3.23. The van der Waals surface area contributed by atoms with Crippen molar-refractivity contribution in [3.05, 3.63) is 54.4 Å². The summed E-state index contributed by atoms with van der Waals surface area (Å²) in [5.41, 5.74) is 3.12. The predicted molar refractivity (Wildman–Crippen MR) is 114 cm³/mol. The van der Waals surface area contributed by atoms with Gasteiger partial charge in [-0.25, -0.2) is 4.98 Å². The lowest BCUT2D eigenvalue weighted by atomic mass is 10.1. The lowest BCUT2D eigenvalue weighted by molar-refractivity contribution is -0.136. The topological polar surface area (TPSA) is 59.8 Å². The minimum absolute atomic E-state index is 0.150. The second-order valence-corrected chi connectivity index (χ2v) is 7.90.